The molecule has 3 heteroatoms. The van der Waals surface area contributed by atoms with Crippen LogP contribution in [0.5, 0.6) is 0 Å². The summed E-state index contributed by atoms with van der Waals surface area (Å²) in [6.45, 7) is 5.96. The molecule has 2 nitrogen and oxygen atoms in total. The Labute approximate surface area is 94.5 Å². The number of nitrogens with zero attached hydrogens (tertiary/aromatic N) is 1. The molecule has 0 saturated carbocycles. The second-order valence-electron chi connectivity index (χ2n) is 4.14. The summed E-state index contributed by atoms with van der Waals surface area (Å²) in [5.41, 5.74) is 1.70. The zero-order chi connectivity index (χ0) is 11.4. The molecule has 15 heavy (non-hydrogen) atoms. The number of hydrogen-bond acceptors (Lipinski definition) is 3. The average molecular weight is 221 g/mol. The Morgan fingerprint density at radius 2 is 2.20 bits per heavy atom. The van der Waals surface area contributed by atoms with Gasteiger partial charge in [0.1, 0.15) is 5.92 Å². The van der Waals surface area contributed by atoms with Gasteiger partial charge in [-0.05, 0) is 30.2 Å². The average Bonchev–Trinajstić information content (AvgIpc) is 2.59. The molecule has 1 heterocycles. The lowest BCUT2D eigenvalue weighted by atomic mass is 9.91. The number of thiophene rings is 1. The molecular weight excluding hydrogens is 206 g/mol. The number of hydrogen-bond donors (Lipinski definition) is 0. The van der Waals surface area contributed by atoms with Crippen LogP contribution in [0.4, 0.5) is 0 Å². The molecule has 0 N–H and O–H groups in total. The highest BCUT2D eigenvalue weighted by molar-refractivity contribution is 7.08. The van der Waals surface area contributed by atoms with Gasteiger partial charge in [0.2, 0.25) is 0 Å². The summed E-state index contributed by atoms with van der Waals surface area (Å²) in [5.74, 6) is -0.138. The molecule has 0 fully saturated rings. The van der Waals surface area contributed by atoms with E-state index in [0.29, 0.717) is 17.9 Å². The predicted molar refractivity (Wildman–Crippen MR) is 61.9 cm³/mol. The number of ketones is 1. The van der Waals surface area contributed by atoms with E-state index in [9.17, 15) is 4.79 Å². The first kappa shape index (κ1) is 11.9. The van der Waals surface area contributed by atoms with Crippen molar-refractivity contribution in [2.75, 3.05) is 0 Å². The molecule has 1 unspecified atom stereocenters. The molecule has 0 aliphatic rings. The van der Waals surface area contributed by atoms with Crippen molar-refractivity contribution in [3.05, 3.63) is 21.9 Å². The van der Waals surface area contributed by atoms with Gasteiger partial charge < -0.3 is 0 Å². The summed E-state index contributed by atoms with van der Waals surface area (Å²) in [6.07, 6.45) is 0.643. The van der Waals surface area contributed by atoms with Crippen LogP contribution in [0.15, 0.2) is 10.8 Å². The molecule has 0 spiro atoms. The third-order valence-electron chi connectivity index (χ3n) is 2.30. The van der Waals surface area contributed by atoms with Crippen LogP contribution in [0.1, 0.15) is 36.2 Å². The lowest BCUT2D eigenvalue weighted by molar-refractivity contribution is 0.0937. The number of nitriles is 1. The Balaban J connectivity index is 2.84. The van der Waals surface area contributed by atoms with Crippen molar-refractivity contribution in [1.82, 2.24) is 0 Å². The second kappa shape index (κ2) is 5.09. The minimum atomic E-state index is -0.488. The van der Waals surface area contributed by atoms with Crippen LogP contribution >= 0.6 is 11.3 Å². The smallest absolute Gasteiger partial charge is 0.181 e. The Hall–Kier alpha value is -1.14. The first-order valence-electron chi connectivity index (χ1n) is 5.03. The van der Waals surface area contributed by atoms with E-state index >= 15 is 0 Å². The van der Waals surface area contributed by atoms with Gasteiger partial charge in [-0.2, -0.15) is 16.6 Å². The minimum absolute atomic E-state index is 0.0232. The second-order valence-corrected chi connectivity index (χ2v) is 4.89. The third-order valence-corrected chi connectivity index (χ3v) is 3.16. The van der Waals surface area contributed by atoms with Crippen molar-refractivity contribution in [3.63, 3.8) is 0 Å². The molecule has 80 valence electrons. The number of aryl methyl sites for hydroxylation is 1. The van der Waals surface area contributed by atoms with Crippen LogP contribution in [0.3, 0.4) is 0 Å². The van der Waals surface area contributed by atoms with Crippen molar-refractivity contribution >= 4 is 17.1 Å². The van der Waals surface area contributed by atoms with E-state index < -0.39 is 5.92 Å². The lowest BCUT2D eigenvalue weighted by Gasteiger charge is -2.10. The monoisotopic (exact) mass is 221 g/mol. The number of carbonyl (C=O) groups excluding carboxylic acids is 1. The van der Waals surface area contributed by atoms with Gasteiger partial charge in [-0.1, -0.05) is 13.8 Å². The summed E-state index contributed by atoms with van der Waals surface area (Å²) in [7, 11) is 0. The maximum absolute atomic E-state index is 12.0. The predicted octanol–water partition coefficient (Wildman–Crippen LogP) is 3.43. The SMILES string of the molecule is Cc1cscc1C(=O)C(C#N)CC(C)C. The molecule has 0 aliphatic heterocycles. The highest BCUT2D eigenvalue weighted by Crippen LogP contribution is 2.21. The first-order chi connectivity index (χ1) is 7.06. The topological polar surface area (TPSA) is 40.9 Å². The highest BCUT2D eigenvalue weighted by Gasteiger charge is 2.22. The summed E-state index contributed by atoms with van der Waals surface area (Å²) in [4.78, 5) is 12.0. The molecular formula is C12H15NOS. The molecule has 0 amide bonds. The van der Waals surface area contributed by atoms with E-state index in [2.05, 4.69) is 6.07 Å². The number of carbonyl (C=O) groups is 1. The summed E-state index contributed by atoms with van der Waals surface area (Å²) >= 11 is 1.51. The Bertz CT molecular complexity index is 387. The van der Waals surface area contributed by atoms with Gasteiger partial charge in [-0.3, -0.25) is 4.79 Å². The highest BCUT2D eigenvalue weighted by atomic mass is 32.1. The lowest BCUT2D eigenvalue weighted by Crippen LogP contribution is -2.15. The fourth-order valence-electron chi connectivity index (χ4n) is 1.49. The minimum Gasteiger partial charge on any atom is -0.293 e. The van der Waals surface area contributed by atoms with Crippen LogP contribution in [0, 0.1) is 30.1 Å². The number of rotatable bonds is 4. The van der Waals surface area contributed by atoms with Crippen molar-refractivity contribution in [3.8, 4) is 6.07 Å². The largest absolute Gasteiger partial charge is 0.293 e. The van der Waals surface area contributed by atoms with Crippen molar-refractivity contribution in [2.45, 2.75) is 27.2 Å². The van der Waals surface area contributed by atoms with Gasteiger partial charge in [-0.15, -0.1) is 0 Å². The van der Waals surface area contributed by atoms with Gasteiger partial charge in [0.05, 0.1) is 6.07 Å². The van der Waals surface area contributed by atoms with Gasteiger partial charge >= 0.3 is 0 Å². The van der Waals surface area contributed by atoms with Crippen LogP contribution < -0.4 is 0 Å². The van der Waals surface area contributed by atoms with E-state index in [-0.39, 0.29) is 5.78 Å². The Morgan fingerprint density at radius 1 is 1.53 bits per heavy atom. The van der Waals surface area contributed by atoms with Gasteiger partial charge in [0, 0.05) is 10.9 Å². The molecule has 1 aromatic rings. The summed E-state index contributed by atoms with van der Waals surface area (Å²) < 4.78 is 0. The van der Waals surface area contributed by atoms with Crippen molar-refractivity contribution in [2.24, 2.45) is 11.8 Å². The first-order valence-corrected chi connectivity index (χ1v) is 5.97. The molecule has 0 aliphatic carbocycles. The maximum atomic E-state index is 12.0. The van der Waals surface area contributed by atoms with Crippen LogP contribution in [0.25, 0.3) is 0 Å². The molecule has 0 bridgehead atoms. The third kappa shape index (κ3) is 2.90. The molecule has 0 radical (unpaired) electrons. The molecule has 1 atom stereocenters. The van der Waals surface area contributed by atoms with Crippen LogP contribution in [-0.4, -0.2) is 5.78 Å². The quantitative estimate of drug-likeness (QED) is 0.731. The van der Waals surface area contributed by atoms with Crippen molar-refractivity contribution in [1.29, 1.82) is 5.26 Å². The maximum Gasteiger partial charge on any atom is 0.181 e. The standard InChI is InChI=1S/C12H15NOS/c1-8(2)4-10(5-13)12(14)11-7-15-6-9(11)3/h6-8,10H,4H2,1-3H3. The van der Waals surface area contributed by atoms with E-state index in [0.717, 1.165) is 5.56 Å². The fraction of sp³-hybridized carbons (Fsp3) is 0.500. The van der Waals surface area contributed by atoms with E-state index in [1.54, 1.807) is 0 Å². The molecule has 1 rings (SSSR count). The normalized spacial score (nSPS) is 12.5. The zero-order valence-corrected chi connectivity index (χ0v) is 10.1. The summed E-state index contributed by atoms with van der Waals surface area (Å²) in [5, 5.41) is 12.7. The van der Waals surface area contributed by atoms with Gasteiger partial charge in [0.25, 0.3) is 0 Å². The Morgan fingerprint density at radius 3 is 2.60 bits per heavy atom. The Kier molecular flexibility index (Phi) is 4.05. The number of Topliss-reactive ketones (excluding diaryl/α,β-unsaturated/α-hetero) is 1. The van der Waals surface area contributed by atoms with Gasteiger partial charge in [0.15, 0.2) is 5.78 Å². The molecule has 1 aromatic heterocycles. The zero-order valence-electron chi connectivity index (χ0n) is 9.28. The fourth-order valence-corrected chi connectivity index (χ4v) is 2.33. The van der Waals surface area contributed by atoms with Crippen LogP contribution in [0.2, 0.25) is 0 Å². The summed E-state index contributed by atoms with van der Waals surface area (Å²) in [6, 6.07) is 2.10. The van der Waals surface area contributed by atoms with Gasteiger partial charge in [-0.25, -0.2) is 0 Å². The molecule has 0 saturated heterocycles. The van der Waals surface area contributed by atoms with E-state index in [1.165, 1.54) is 11.3 Å². The van der Waals surface area contributed by atoms with Crippen LogP contribution in [-0.2, 0) is 0 Å². The van der Waals surface area contributed by atoms with Crippen molar-refractivity contribution < 1.29 is 4.79 Å². The van der Waals surface area contributed by atoms with E-state index in [1.807, 2.05) is 31.5 Å². The molecule has 0 aromatic carbocycles. The van der Waals surface area contributed by atoms with E-state index in [4.69, 9.17) is 5.26 Å².